The standard InChI is InChI=1S/C23H19N3O3/c24-26-23(27)21(14-20-5-3-13-28-20)16-8-11-19(12-9-16)29-15-18-10-7-17-4-1-2-6-22(17)25-18/h1-14H,15,24H2,(H,26,27)/b21-14+. The summed E-state index contributed by atoms with van der Waals surface area (Å²) in [7, 11) is 0. The van der Waals surface area contributed by atoms with Crippen LogP contribution in [0.5, 0.6) is 5.75 Å². The average molecular weight is 385 g/mol. The van der Waals surface area contributed by atoms with Gasteiger partial charge in [-0.2, -0.15) is 0 Å². The number of hydrogen-bond acceptors (Lipinski definition) is 5. The molecule has 0 atom stereocenters. The van der Waals surface area contributed by atoms with Crippen LogP contribution in [0.15, 0.2) is 83.5 Å². The van der Waals surface area contributed by atoms with Crippen molar-refractivity contribution in [3.63, 3.8) is 0 Å². The fourth-order valence-electron chi connectivity index (χ4n) is 2.95. The molecule has 2 aromatic carbocycles. The predicted molar refractivity (Wildman–Crippen MR) is 111 cm³/mol. The van der Waals surface area contributed by atoms with Crippen LogP contribution in [0.4, 0.5) is 0 Å². The third-order valence-corrected chi connectivity index (χ3v) is 4.41. The highest BCUT2D eigenvalue weighted by atomic mass is 16.5. The zero-order chi connectivity index (χ0) is 20.1. The lowest BCUT2D eigenvalue weighted by Gasteiger charge is -2.09. The van der Waals surface area contributed by atoms with Crippen molar-refractivity contribution in [1.82, 2.24) is 10.4 Å². The third kappa shape index (κ3) is 4.34. The minimum Gasteiger partial charge on any atom is -0.487 e. The van der Waals surface area contributed by atoms with Gasteiger partial charge in [-0.3, -0.25) is 10.2 Å². The number of ether oxygens (including phenoxy) is 1. The third-order valence-electron chi connectivity index (χ3n) is 4.41. The Balaban J connectivity index is 1.49. The van der Waals surface area contributed by atoms with E-state index in [1.165, 1.54) is 0 Å². The first-order chi connectivity index (χ1) is 14.2. The molecule has 3 N–H and O–H groups in total. The Bertz CT molecular complexity index is 1150. The van der Waals surface area contributed by atoms with E-state index in [9.17, 15) is 4.79 Å². The van der Waals surface area contributed by atoms with Crippen molar-refractivity contribution in [3.05, 3.63) is 96.1 Å². The molecule has 0 unspecified atom stereocenters. The van der Waals surface area contributed by atoms with Gasteiger partial charge in [-0.25, -0.2) is 10.8 Å². The van der Waals surface area contributed by atoms with E-state index in [4.69, 9.17) is 15.0 Å². The zero-order valence-corrected chi connectivity index (χ0v) is 15.5. The number of aromatic nitrogens is 1. The molecule has 6 nitrogen and oxygen atoms in total. The molecule has 2 aromatic heterocycles. The number of nitrogens with zero attached hydrogens (tertiary/aromatic N) is 1. The van der Waals surface area contributed by atoms with Gasteiger partial charge in [-0.15, -0.1) is 0 Å². The lowest BCUT2D eigenvalue weighted by molar-refractivity contribution is -0.115. The number of benzene rings is 2. The van der Waals surface area contributed by atoms with Crippen LogP contribution in [0.25, 0.3) is 22.6 Å². The van der Waals surface area contributed by atoms with Crippen LogP contribution >= 0.6 is 0 Å². The maximum atomic E-state index is 12.2. The van der Waals surface area contributed by atoms with Gasteiger partial charge in [0, 0.05) is 5.39 Å². The first-order valence-corrected chi connectivity index (χ1v) is 9.07. The molecule has 4 rings (SSSR count). The summed E-state index contributed by atoms with van der Waals surface area (Å²) in [5.74, 6) is 6.15. The van der Waals surface area contributed by atoms with E-state index in [0.717, 1.165) is 16.6 Å². The van der Waals surface area contributed by atoms with Crippen molar-refractivity contribution < 1.29 is 13.9 Å². The van der Waals surface area contributed by atoms with E-state index in [1.807, 2.05) is 36.4 Å². The molecule has 0 saturated heterocycles. The lowest BCUT2D eigenvalue weighted by atomic mass is 10.0. The average Bonchev–Trinajstić information content (AvgIpc) is 3.29. The maximum Gasteiger partial charge on any atom is 0.265 e. The zero-order valence-electron chi connectivity index (χ0n) is 15.5. The monoisotopic (exact) mass is 385 g/mol. The fraction of sp³-hybridized carbons (Fsp3) is 0.0435. The second-order valence-electron chi connectivity index (χ2n) is 6.36. The van der Waals surface area contributed by atoms with Crippen LogP contribution in [0.3, 0.4) is 0 Å². The summed E-state index contributed by atoms with van der Waals surface area (Å²) in [6, 6.07) is 22.6. The molecule has 0 radical (unpaired) electrons. The lowest BCUT2D eigenvalue weighted by Crippen LogP contribution is -2.30. The van der Waals surface area contributed by atoms with E-state index >= 15 is 0 Å². The number of hydrazine groups is 1. The Morgan fingerprint density at radius 1 is 1.03 bits per heavy atom. The van der Waals surface area contributed by atoms with Crippen LogP contribution in [0.1, 0.15) is 17.0 Å². The van der Waals surface area contributed by atoms with Crippen molar-refractivity contribution in [2.45, 2.75) is 6.61 Å². The molecule has 29 heavy (non-hydrogen) atoms. The summed E-state index contributed by atoms with van der Waals surface area (Å²) in [5.41, 5.74) is 5.03. The van der Waals surface area contributed by atoms with Gasteiger partial charge < -0.3 is 9.15 Å². The Morgan fingerprint density at radius 3 is 2.62 bits per heavy atom. The van der Waals surface area contributed by atoms with Crippen molar-refractivity contribution in [2.75, 3.05) is 0 Å². The van der Waals surface area contributed by atoms with Gasteiger partial charge in [-0.05, 0) is 48.0 Å². The second-order valence-corrected chi connectivity index (χ2v) is 6.36. The number of carbonyl (C=O) groups is 1. The first kappa shape index (κ1) is 18.5. The number of nitrogens with two attached hydrogens (primary N) is 1. The molecule has 0 fully saturated rings. The number of fused-ring (bicyclic) bond motifs is 1. The van der Waals surface area contributed by atoms with Gasteiger partial charge in [-0.1, -0.05) is 36.4 Å². The second kappa shape index (κ2) is 8.41. The van der Waals surface area contributed by atoms with Crippen LogP contribution in [0.2, 0.25) is 0 Å². The Morgan fingerprint density at radius 2 is 1.86 bits per heavy atom. The van der Waals surface area contributed by atoms with Gasteiger partial charge in [0.05, 0.1) is 23.0 Å². The van der Waals surface area contributed by atoms with Crippen molar-refractivity contribution in [1.29, 1.82) is 0 Å². The molecule has 6 heteroatoms. The summed E-state index contributed by atoms with van der Waals surface area (Å²) in [6.45, 7) is 0.350. The van der Waals surface area contributed by atoms with Crippen molar-refractivity contribution in [2.24, 2.45) is 5.84 Å². The number of hydrogen-bond donors (Lipinski definition) is 2. The van der Waals surface area contributed by atoms with E-state index in [2.05, 4.69) is 10.4 Å². The van der Waals surface area contributed by atoms with E-state index in [-0.39, 0.29) is 0 Å². The fourth-order valence-corrected chi connectivity index (χ4v) is 2.95. The van der Waals surface area contributed by atoms with Crippen molar-refractivity contribution in [3.8, 4) is 5.75 Å². The number of rotatable bonds is 6. The molecule has 0 aliphatic rings. The summed E-state index contributed by atoms with van der Waals surface area (Å²) in [4.78, 5) is 16.8. The van der Waals surface area contributed by atoms with Crippen LogP contribution < -0.4 is 16.0 Å². The Labute approximate surface area is 167 Å². The largest absolute Gasteiger partial charge is 0.487 e. The number of furan rings is 1. The minimum atomic E-state index is -0.407. The van der Waals surface area contributed by atoms with E-state index in [0.29, 0.717) is 29.3 Å². The molecule has 0 aliphatic heterocycles. The molecule has 0 spiro atoms. The number of amides is 1. The predicted octanol–water partition coefficient (Wildman–Crippen LogP) is 3.94. The van der Waals surface area contributed by atoms with Crippen LogP contribution in [0, 0.1) is 0 Å². The summed E-state index contributed by atoms with van der Waals surface area (Å²) < 4.78 is 11.1. The highest BCUT2D eigenvalue weighted by Crippen LogP contribution is 2.22. The number of nitrogens with one attached hydrogen (secondary N) is 1. The number of pyridine rings is 1. The summed E-state index contributed by atoms with van der Waals surface area (Å²) in [5, 5.41) is 1.09. The highest BCUT2D eigenvalue weighted by molar-refractivity contribution is 6.23. The highest BCUT2D eigenvalue weighted by Gasteiger charge is 2.12. The van der Waals surface area contributed by atoms with Gasteiger partial charge in [0.1, 0.15) is 18.1 Å². The molecule has 1 amide bonds. The molecule has 0 aliphatic carbocycles. The molecular formula is C23H19N3O3. The van der Waals surface area contributed by atoms with Gasteiger partial charge in [0.15, 0.2) is 0 Å². The Kier molecular flexibility index (Phi) is 5.36. The van der Waals surface area contributed by atoms with Crippen LogP contribution in [-0.2, 0) is 11.4 Å². The molecule has 4 aromatic rings. The summed E-state index contributed by atoms with van der Waals surface area (Å²) >= 11 is 0. The van der Waals surface area contributed by atoms with Crippen molar-refractivity contribution >= 4 is 28.5 Å². The minimum absolute atomic E-state index is 0.350. The molecular weight excluding hydrogens is 366 g/mol. The quantitative estimate of drug-likeness (QED) is 0.227. The SMILES string of the molecule is NNC(=O)/C(=C/c1ccco1)c1ccc(OCc2ccc3ccccc3n2)cc1. The molecule has 0 bridgehead atoms. The normalized spacial score (nSPS) is 11.4. The smallest absolute Gasteiger partial charge is 0.265 e. The molecule has 0 saturated carbocycles. The van der Waals surface area contributed by atoms with E-state index < -0.39 is 5.91 Å². The maximum absolute atomic E-state index is 12.2. The topological polar surface area (TPSA) is 90.4 Å². The van der Waals surface area contributed by atoms with E-state index in [1.54, 1.807) is 48.7 Å². The van der Waals surface area contributed by atoms with Crippen LogP contribution in [-0.4, -0.2) is 10.9 Å². The number of para-hydroxylation sites is 1. The van der Waals surface area contributed by atoms with Gasteiger partial charge >= 0.3 is 0 Å². The Hall–Kier alpha value is -3.90. The number of carbonyl (C=O) groups excluding carboxylic acids is 1. The molecule has 2 heterocycles. The first-order valence-electron chi connectivity index (χ1n) is 9.07. The molecule has 144 valence electrons. The van der Waals surface area contributed by atoms with Gasteiger partial charge in [0.25, 0.3) is 5.91 Å². The van der Waals surface area contributed by atoms with Gasteiger partial charge in [0.2, 0.25) is 0 Å². The summed E-state index contributed by atoms with van der Waals surface area (Å²) in [6.07, 6.45) is 3.18.